The molecule has 0 saturated carbocycles. The van der Waals surface area contributed by atoms with E-state index in [1.165, 1.54) is 33.4 Å². The Bertz CT molecular complexity index is 419. The number of benzene rings is 1. The number of hydrogen-bond donors (Lipinski definition) is 1. The molecule has 0 aromatic heterocycles. The number of aldehydes is 1. The second-order valence-electron chi connectivity index (χ2n) is 3.32. The van der Waals surface area contributed by atoms with E-state index in [9.17, 15) is 9.59 Å². The molecule has 0 aliphatic heterocycles. The zero-order valence-electron chi connectivity index (χ0n) is 10.5. The largest absolute Gasteiger partial charge is 0.496 e. The van der Waals surface area contributed by atoms with Crippen molar-refractivity contribution in [2.45, 2.75) is 0 Å². The van der Waals surface area contributed by atoms with Crippen LogP contribution in [0.5, 0.6) is 17.2 Å². The van der Waals surface area contributed by atoms with Crippen LogP contribution in [0.4, 0.5) is 0 Å². The van der Waals surface area contributed by atoms with Crippen LogP contribution in [0, 0.1) is 0 Å². The molecule has 0 atom stereocenters. The van der Waals surface area contributed by atoms with Crippen LogP contribution in [-0.4, -0.2) is 40.1 Å². The van der Waals surface area contributed by atoms with Gasteiger partial charge < -0.3 is 19.5 Å². The third kappa shape index (κ3) is 3.13. The fourth-order valence-electron chi connectivity index (χ4n) is 1.34. The SMILES string of the molecule is CNC(=O)COc1cc(OC)c(C=O)c(OC)c1. The van der Waals surface area contributed by atoms with Crippen LogP contribution in [0.2, 0.25) is 0 Å². The van der Waals surface area contributed by atoms with Crippen molar-refractivity contribution in [3.05, 3.63) is 17.7 Å². The number of rotatable bonds is 6. The van der Waals surface area contributed by atoms with Gasteiger partial charge in [-0.25, -0.2) is 0 Å². The van der Waals surface area contributed by atoms with Gasteiger partial charge in [0.05, 0.1) is 19.8 Å². The monoisotopic (exact) mass is 253 g/mol. The van der Waals surface area contributed by atoms with Crippen LogP contribution in [0.25, 0.3) is 0 Å². The van der Waals surface area contributed by atoms with Gasteiger partial charge in [0, 0.05) is 19.2 Å². The lowest BCUT2D eigenvalue weighted by Crippen LogP contribution is -2.24. The molecule has 1 N–H and O–H groups in total. The van der Waals surface area contributed by atoms with Crippen molar-refractivity contribution in [2.75, 3.05) is 27.9 Å². The van der Waals surface area contributed by atoms with E-state index in [4.69, 9.17) is 14.2 Å². The van der Waals surface area contributed by atoms with Crippen molar-refractivity contribution in [1.29, 1.82) is 0 Å². The predicted octanol–water partition coefficient (Wildman–Crippen LogP) is 0.641. The lowest BCUT2D eigenvalue weighted by Gasteiger charge is -2.12. The molecule has 1 aromatic carbocycles. The highest BCUT2D eigenvalue weighted by atomic mass is 16.5. The summed E-state index contributed by atoms with van der Waals surface area (Å²) in [6.45, 7) is -0.122. The number of hydrogen-bond acceptors (Lipinski definition) is 5. The van der Waals surface area contributed by atoms with Crippen LogP contribution in [0.1, 0.15) is 10.4 Å². The number of likely N-dealkylation sites (N-methyl/N-ethyl adjacent to an activating group) is 1. The number of carbonyl (C=O) groups is 2. The minimum atomic E-state index is -0.257. The third-order valence-electron chi connectivity index (χ3n) is 2.28. The molecule has 0 bridgehead atoms. The fourth-order valence-corrected chi connectivity index (χ4v) is 1.34. The maximum Gasteiger partial charge on any atom is 0.257 e. The van der Waals surface area contributed by atoms with Gasteiger partial charge in [0.25, 0.3) is 5.91 Å². The minimum Gasteiger partial charge on any atom is -0.496 e. The lowest BCUT2D eigenvalue weighted by molar-refractivity contribution is -0.122. The van der Waals surface area contributed by atoms with Gasteiger partial charge in [0.15, 0.2) is 12.9 Å². The molecule has 1 aromatic rings. The van der Waals surface area contributed by atoms with Crippen molar-refractivity contribution in [1.82, 2.24) is 5.32 Å². The lowest BCUT2D eigenvalue weighted by atomic mass is 10.2. The molecule has 1 amide bonds. The first-order chi connectivity index (χ1) is 8.65. The number of carbonyl (C=O) groups excluding carboxylic acids is 2. The molecule has 0 spiro atoms. The molecule has 1 rings (SSSR count). The van der Waals surface area contributed by atoms with Gasteiger partial charge in [-0.3, -0.25) is 9.59 Å². The Hall–Kier alpha value is -2.24. The number of ether oxygens (including phenoxy) is 3. The van der Waals surface area contributed by atoms with E-state index in [0.29, 0.717) is 29.1 Å². The molecule has 0 unspecified atom stereocenters. The van der Waals surface area contributed by atoms with E-state index < -0.39 is 0 Å². The predicted molar refractivity (Wildman–Crippen MR) is 64.5 cm³/mol. The summed E-state index contributed by atoms with van der Waals surface area (Å²) in [5.74, 6) is 0.790. The Labute approximate surface area is 105 Å². The summed E-state index contributed by atoms with van der Waals surface area (Å²) in [4.78, 5) is 22.0. The quantitative estimate of drug-likeness (QED) is 0.753. The Morgan fingerprint density at radius 1 is 1.28 bits per heavy atom. The van der Waals surface area contributed by atoms with Gasteiger partial charge in [-0.1, -0.05) is 0 Å². The van der Waals surface area contributed by atoms with E-state index in [1.54, 1.807) is 0 Å². The highest BCUT2D eigenvalue weighted by molar-refractivity contribution is 5.84. The van der Waals surface area contributed by atoms with Crippen LogP contribution in [-0.2, 0) is 4.79 Å². The van der Waals surface area contributed by atoms with Crippen LogP contribution in [0.3, 0.4) is 0 Å². The number of nitrogens with one attached hydrogen (secondary N) is 1. The summed E-state index contributed by atoms with van der Waals surface area (Å²) in [6, 6.07) is 3.05. The van der Waals surface area contributed by atoms with Gasteiger partial charge in [0.2, 0.25) is 0 Å². The Morgan fingerprint density at radius 2 is 1.83 bits per heavy atom. The molecule has 18 heavy (non-hydrogen) atoms. The first kappa shape index (κ1) is 13.8. The second kappa shape index (κ2) is 6.48. The Kier molecular flexibility index (Phi) is 4.98. The molecule has 0 aliphatic rings. The molecular formula is C12H15NO5. The zero-order valence-corrected chi connectivity index (χ0v) is 10.5. The molecule has 0 aliphatic carbocycles. The second-order valence-corrected chi connectivity index (χ2v) is 3.32. The molecular weight excluding hydrogens is 238 g/mol. The summed E-state index contributed by atoms with van der Waals surface area (Å²) < 4.78 is 15.4. The normalized spacial score (nSPS) is 9.50. The average Bonchev–Trinajstić information content (AvgIpc) is 2.43. The molecule has 0 fully saturated rings. The summed E-state index contributed by atoms with van der Waals surface area (Å²) in [5, 5.41) is 2.43. The highest BCUT2D eigenvalue weighted by Gasteiger charge is 2.13. The maximum absolute atomic E-state index is 11.1. The van der Waals surface area contributed by atoms with E-state index >= 15 is 0 Å². The van der Waals surface area contributed by atoms with Gasteiger partial charge in [-0.05, 0) is 0 Å². The smallest absolute Gasteiger partial charge is 0.257 e. The van der Waals surface area contributed by atoms with Crippen molar-refractivity contribution in [3.8, 4) is 17.2 Å². The van der Waals surface area contributed by atoms with Gasteiger partial charge in [-0.15, -0.1) is 0 Å². The average molecular weight is 253 g/mol. The molecule has 6 nitrogen and oxygen atoms in total. The first-order valence-electron chi connectivity index (χ1n) is 5.20. The molecule has 0 heterocycles. The van der Waals surface area contributed by atoms with Gasteiger partial charge >= 0.3 is 0 Å². The zero-order chi connectivity index (χ0) is 13.5. The van der Waals surface area contributed by atoms with Gasteiger partial charge in [-0.2, -0.15) is 0 Å². The maximum atomic E-state index is 11.1. The standard InChI is InChI=1S/C12H15NO5/c1-13-12(15)7-18-8-4-10(16-2)9(6-14)11(5-8)17-3/h4-6H,7H2,1-3H3,(H,13,15). The number of amides is 1. The molecule has 0 saturated heterocycles. The summed E-state index contributed by atoms with van der Waals surface area (Å²) in [5.41, 5.74) is 0.298. The van der Waals surface area contributed by atoms with E-state index in [1.807, 2.05) is 0 Å². The molecule has 0 radical (unpaired) electrons. The highest BCUT2D eigenvalue weighted by Crippen LogP contribution is 2.32. The summed E-state index contributed by atoms with van der Waals surface area (Å²) in [6.07, 6.45) is 0.639. The summed E-state index contributed by atoms with van der Waals surface area (Å²) >= 11 is 0. The van der Waals surface area contributed by atoms with Crippen molar-refractivity contribution in [2.24, 2.45) is 0 Å². The molecule has 6 heteroatoms. The Balaban J connectivity index is 3.00. The van der Waals surface area contributed by atoms with Crippen molar-refractivity contribution >= 4 is 12.2 Å². The van der Waals surface area contributed by atoms with Crippen LogP contribution < -0.4 is 19.5 Å². The minimum absolute atomic E-state index is 0.122. The third-order valence-corrected chi connectivity index (χ3v) is 2.28. The van der Waals surface area contributed by atoms with E-state index in [-0.39, 0.29) is 12.5 Å². The van der Waals surface area contributed by atoms with Crippen molar-refractivity contribution < 1.29 is 23.8 Å². The van der Waals surface area contributed by atoms with Crippen LogP contribution in [0.15, 0.2) is 12.1 Å². The van der Waals surface area contributed by atoms with Crippen LogP contribution >= 0.6 is 0 Å². The van der Waals surface area contributed by atoms with Crippen molar-refractivity contribution in [3.63, 3.8) is 0 Å². The first-order valence-corrected chi connectivity index (χ1v) is 5.20. The summed E-state index contributed by atoms with van der Waals surface area (Å²) in [7, 11) is 4.39. The number of methoxy groups -OCH3 is 2. The Morgan fingerprint density at radius 3 is 2.22 bits per heavy atom. The molecule has 98 valence electrons. The topological polar surface area (TPSA) is 73.9 Å². The van der Waals surface area contributed by atoms with E-state index in [0.717, 1.165) is 0 Å². The van der Waals surface area contributed by atoms with Gasteiger partial charge in [0.1, 0.15) is 17.2 Å². The fraction of sp³-hybridized carbons (Fsp3) is 0.333. The van der Waals surface area contributed by atoms with E-state index in [2.05, 4.69) is 5.32 Å².